The van der Waals surface area contributed by atoms with E-state index in [4.69, 9.17) is 5.73 Å². The van der Waals surface area contributed by atoms with Gasteiger partial charge in [0.2, 0.25) is 0 Å². The minimum absolute atomic E-state index is 0.362. The molecule has 1 unspecified atom stereocenters. The normalized spacial score (nSPS) is 13.6. The van der Waals surface area contributed by atoms with Gasteiger partial charge in [-0.25, -0.2) is 0 Å². The maximum atomic E-state index is 6.04. The summed E-state index contributed by atoms with van der Waals surface area (Å²) < 4.78 is 0. The van der Waals surface area contributed by atoms with E-state index in [1.165, 1.54) is 12.8 Å². The number of hydrogen-bond donors (Lipinski definition) is 2. The van der Waals surface area contributed by atoms with E-state index in [2.05, 4.69) is 43.3 Å². The molecular weight excluding hydrogens is 212 g/mol. The van der Waals surface area contributed by atoms with Crippen LogP contribution in [0.4, 0.5) is 0 Å². The molecule has 0 heterocycles. The smallest absolute Gasteiger partial charge is 0.00514 e. The van der Waals surface area contributed by atoms with Gasteiger partial charge in [-0.15, -0.1) is 0 Å². The second kappa shape index (κ2) is 11.0. The standard InChI is InChI=1S/C13H32N4/c1-16(2)11-6-10-15-9-5-7-13(14)8-12-17(3)4/h13,15H,5-12,14H2,1-4H3. The van der Waals surface area contributed by atoms with Gasteiger partial charge in [-0.05, 0) is 80.1 Å². The molecule has 3 N–H and O–H groups in total. The van der Waals surface area contributed by atoms with Gasteiger partial charge >= 0.3 is 0 Å². The number of nitrogens with zero attached hydrogens (tertiary/aromatic N) is 2. The van der Waals surface area contributed by atoms with Gasteiger partial charge in [0.15, 0.2) is 0 Å². The molecule has 0 amide bonds. The molecule has 0 fully saturated rings. The van der Waals surface area contributed by atoms with Crippen molar-refractivity contribution >= 4 is 0 Å². The zero-order valence-corrected chi connectivity index (χ0v) is 12.2. The number of rotatable bonds is 11. The molecule has 0 aromatic heterocycles. The van der Waals surface area contributed by atoms with Crippen LogP contribution in [-0.4, -0.2) is 70.2 Å². The van der Waals surface area contributed by atoms with E-state index < -0.39 is 0 Å². The molecule has 0 aliphatic carbocycles. The zero-order chi connectivity index (χ0) is 13.1. The maximum absolute atomic E-state index is 6.04. The highest BCUT2D eigenvalue weighted by Gasteiger charge is 2.02. The van der Waals surface area contributed by atoms with Crippen molar-refractivity contribution in [2.45, 2.75) is 31.7 Å². The van der Waals surface area contributed by atoms with Crippen LogP contribution in [0.5, 0.6) is 0 Å². The van der Waals surface area contributed by atoms with E-state index in [0.717, 1.165) is 39.0 Å². The Kier molecular flexibility index (Phi) is 10.9. The summed E-state index contributed by atoms with van der Waals surface area (Å²) in [5, 5.41) is 3.47. The molecule has 1 atom stereocenters. The molecule has 0 aromatic rings. The summed E-state index contributed by atoms with van der Waals surface area (Å²) in [5.74, 6) is 0. The van der Waals surface area contributed by atoms with Gasteiger partial charge in [0.1, 0.15) is 0 Å². The molecule has 0 aliphatic rings. The lowest BCUT2D eigenvalue weighted by atomic mass is 10.1. The Bertz CT molecular complexity index is 159. The van der Waals surface area contributed by atoms with Crippen molar-refractivity contribution < 1.29 is 0 Å². The van der Waals surface area contributed by atoms with Crippen LogP contribution < -0.4 is 11.1 Å². The molecule has 104 valence electrons. The van der Waals surface area contributed by atoms with Crippen LogP contribution in [0.15, 0.2) is 0 Å². The predicted molar refractivity (Wildman–Crippen MR) is 76.4 cm³/mol. The minimum Gasteiger partial charge on any atom is -0.328 e. The fraction of sp³-hybridized carbons (Fsp3) is 1.00. The van der Waals surface area contributed by atoms with Crippen molar-refractivity contribution in [1.29, 1.82) is 0 Å². The van der Waals surface area contributed by atoms with E-state index in [9.17, 15) is 0 Å². The first kappa shape index (κ1) is 16.8. The van der Waals surface area contributed by atoms with Crippen LogP contribution in [0.25, 0.3) is 0 Å². The van der Waals surface area contributed by atoms with Crippen LogP contribution in [0.1, 0.15) is 25.7 Å². The Morgan fingerprint density at radius 1 is 0.882 bits per heavy atom. The molecule has 4 nitrogen and oxygen atoms in total. The largest absolute Gasteiger partial charge is 0.328 e. The highest BCUT2D eigenvalue weighted by Crippen LogP contribution is 1.99. The van der Waals surface area contributed by atoms with E-state index in [1.54, 1.807) is 0 Å². The number of nitrogens with one attached hydrogen (secondary N) is 1. The van der Waals surface area contributed by atoms with Gasteiger partial charge in [-0.3, -0.25) is 0 Å². The van der Waals surface area contributed by atoms with Crippen molar-refractivity contribution in [2.24, 2.45) is 5.73 Å². The van der Waals surface area contributed by atoms with Crippen molar-refractivity contribution in [2.75, 3.05) is 54.4 Å². The first-order valence-electron chi connectivity index (χ1n) is 6.78. The van der Waals surface area contributed by atoms with E-state index >= 15 is 0 Å². The molecule has 4 heteroatoms. The molecule has 0 saturated heterocycles. The first-order valence-corrected chi connectivity index (χ1v) is 6.78. The third-order valence-electron chi connectivity index (χ3n) is 2.83. The lowest BCUT2D eigenvalue weighted by Gasteiger charge is -2.15. The Morgan fingerprint density at radius 3 is 2.06 bits per heavy atom. The Morgan fingerprint density at radius 2 is 1.47 bits per heavy atom. The maximum Gasteiger partial charge on any atom is 0.00514 e. The summed E-state index contributed by atoms with van der Waals surface area (Å²) in [6.07, 6.45) is 4.65. The van der Waals surface area contributed by atoms with Crippen molar-refractivity contribution in [3.8, 4) is 0 Å². The van der Waals surface area contributed by atoms with Gasteiger partial charge in [0.05, 0.1) is 0 Å². The van der Waals surface area contributed by atoms with Crippen LogP contribution in [-0.2, 0) is 0 Å². The second-order valence-corrected chi connectivity index (χ2v) is 5.40. The highest BCUT2D eigenvalue weighted by molar-refractivity contribution is 4.64. The van der Waals surface area contributed by atoms with Gasteiger partial charge in [-0.2, -0.15) is 0 Å². The second-order valence-electron chi connectivity index (χ2n) is 5.40. The summed E-state index contributed by atoms with van der Waals surface area (Å²) >= 11 is 0. The minimum atomic E-state index is 0.362. The zero-order valence-electron chi connectivity index (χ0n) is 12.2. The summed E-state index contributed by atoms with van der Waals surface area (Å²) in [4.78, 5) is 4.41. The third kappa shape index (κ3) is 13.8. The van der Waals surface area contributed by atoms with Crippen molar-refractivity contribution in [1.82, 2.24) is 15.1 Å². The molecule has 0 saturated carbocycles. The van der Waals surface area contributed by atoms with Crippen LogP contribution in [0.3, 0.4) is 0 Å². The monoisotopic (exact) mass is 244 g/mol. The fourth-order valence-electron chi connectivity index (χ4n) is 1.70. The highest BCUT2D eigenvalue weighted by atomic mass is 15.1. The summed E-state index contributed by atoms with van der Waals surface area (Å²) in [7, 11) is 8.42. The quantitative estimate of drug-likeness (QED) is 0.522. The molecular formula is C13H32N4. The average molecular weight is 244 g/mol. The van der Waals surface area contributed by atoms with Crippen LogP contribution in [0, 0.1) is 0 Å². The SMILES string of the molecule is CN(C)CCCNCCCC(N)CCN(C)C. The molecule has 0 rings (SSSR count). The van der Waals surface area contributed by atoms with Gasteiger partial charge in [0, 0.05) is 6.04 Å². The van der Waals surface area contributed by atoms with E-state index in [-0.39, 0.29) is 0 Å². The average Bonchev–Trinajstić information content (AvgIpc) is 2.24. The first-order chi connectivity index (χ1) is 8.02. The van der Waals surface area contributed by atoms with Gasteiger partial charge in [0.25, 0.3) is 0 Å². The summed E-state index contributed by atoms with van der Waals surface area (Å²) in [6.45, 7) is 4.47. The van der Waals surface area contributed by atoms with E-state index in [0.29, 0.717) is 6.04 Å². The molecule has 0 bridgehead atoms. The topological polar surface area (TPSA) is 44.5 Å². The predicted octanol–water partition coefficient (Wildman–Crippen LogP) is 0.587. The van der Waals surface area contributed by atoms with Crippen LogP contribution in [0.2, 0.25) is 0 Å². The van der Waals surface area contributed by atoms with E-state index in [1.807, 2.05) is 0 Å². The van der Waals surface area contributed by atoms with Gasteiger partial charge < -0.3 is 20.9 Å². The molecule has 0 aliphatic heterocycles. The van der Waals surface area contributed by atoms with Crippen molar-refractivity contribution in [3.05, 3.63) is 0 Å². The third-order valence-corrected chi connectivity index (χ3v) is 2.83. The summed E-state index contributed by atoms with van der Waals surface area (Å²) in [6, 6.07) is 0.362. The number of hydrogen-bond acceptors (Lipinski definition) is 4. The lowest BCUT2D eigenvalue weighted by Crippen LogP contribution is -2.28. The fourth-order valence-corrected chi connectivity index (χ4v) is 1.70. The number of nitrogens with two attached hydrogens (primary N) is 1. The van der Waals surface area contributed by atoms with Crippen LogP contribution >= 0.6 is 0 Å². The lowest BCUT2D eigenvalue weighted by molar-refractivity contribution is 0.370. The van der Waals surface area contributed by atoms with Crippen molar-refractivity contribution in [3.63, 3.8) is 0 Å². The van der Waals surface area contributed by atoms with Gasteiger partial charge in [-0.1, -0.05) is 0 Å². The molecule has 0 aromatic carbocycles. The molecule has 0 radical (unpaired) electrons. The summed E-state index contributed by atoms with van der Waals surface area (Å²) in [5.41, 5.74) is 6.04. The Labute approximate surface area is 108 Å². The molecule has 17 heavy (non-hydrogen) atoms. The Balaban J connectivity index is 3.16. The molecule has 0 spiro atoms. The Hall–Kier alpha value is -0.160.